The fraction of sp³-hybridized carbons (Fsp3) is 0.571. The lowest BCUT2D eigenvalue weighted by Gasteiger charge is -2.32. The fourth-order valence-electron chi connectivity index (χ4n) is 2.21. The van der Waals surface area contributed by atoms with Gasteiger partial charge in [0.05, 0.1) is 4.92 Å². The third-order valence-corrected chi connectivity index (χ3v) is 5.84. The van der Waals surface area contributed by atoms with Crippen LogP contribution in [-0.4, -0.2) is 29.7 Å². The third-order valence-electron chi connectivity index (χ3n) is 3.67. The van der Waals surface area contributed by atoms with E-state index in [1.807, 2.05) is 27.7 Å². The lowest BCUT2D eigenvalue weighted by molar-refractivity contribution is -0.387. The fourth-order valence-corrected chi connectivity index (χ4v) is 4.34. The maximum atomic E-state index is 12.9. The molecule has 2 unspecified atom stereocenters. The molecule has 0 fully saturated rings. The lowest BCUT2D eigenvalue weighted by Crippen LogP contribution is -2.44. The van der Waals surface area contributed by atoms with Crippen LogP contribution >= 0.6 is 0 Å². The van der Waals surface area contributed by atoms with E-state index in [4.69, 9.17) is 0 Å². The first-order valence-electron chi connectivity index (χ1n) is 7.04. The van der Waals surface area contributed by atoms with E-state index in [-0.39, 0.29) is 22.7 Å². The molecule has 0 aromatic heterocycles. The van der Waals surface area contributed by atoms with E-state index in [1.54, 1.807) is 0 Å². The van der Waals surface area contributed by atoms with Gasteiger partial charge in [-0.15, -0.1) is 0 Å². The Hall–Kier alpha value is -1.47. The van der Waals surface area contributed by atoms with Crippen LogP contribution in [0.2, 0.25) is 0 Å². The van der Waals surface area contributed by atoms with Crippen LogP contribution in [0.1, 0.15) is 40.5 Å². The smallest absolute Gasteiger partial charge is 0.258 e. The molecule has 0 aliphatic carbocycles. The Labute approximate surface area is 126 Å². The van der Waals surface area contributed by atoms with Crippen molar-refractivity contribution < 1.29 is 13.3 Å². The first-order chi connectivity index (χ1) is 9.77. The summed E-state index contributed by atoms with van der Waals surface area (Å²) in [6.07, 6.45) is 1.29. The summed E-state index contributed by atoms with van der Waals surface area (Å²) in [5, 5.41) is 11.1. The van der Waals surface area contributed by atoms with Crippen LogP contribution < -0.4 is 0 Å². The second-order valence-corrected chi connectivity index (χ2v) is 6.89. The van der Waals surface area contributed by atoms with Crippen LogP contribution in [0, 0.1) is 10.1 Å². The molecule has 7 heteroatoms. The average Bonchev–Trinajstić information content (AvgIpc) is 2.46. The Bertz CT molecular complexity index is 591. The zero-order chi connectivity index (χ0) is 16.2. The minimum absolute atomic E-state index is 0.218. The number of sulfonamides is 1. The van der Waals surface area contributed by atoms with E-state index in [9.17, 15) is 18.5 Å². The van der Waals surface area contributed by atoms with E-state index in [2.05, 4.69) is 0 Å². The second kappa shape index (κ2) is 7.00. The van der Waals surface area contributed by atoms with Crippen molar-refractivity contribution in [2.75, 3.05) is 0 Å². The van der Waals surface area contributed by atoms with Crippen LogP contribution in [-0.2, 0) is 10.0 Å². The van der Waals surface area contributed by atoms with Crippen molar-refractivity contribution in [3.05, 3.63) is 34.4 Å². The van der Waals surface area contributed by atoms with Crippen molar-refractivity contribution in [1.29, 1.82) is 0 Å². The molecule has 0 spiro atoms. The Morgan fingerprint density at radius 2 is 1.62 bits per heavy atom. The molecule has 0 bridgehead atoms. The van der Waals surface area contributed by atoms with E-state index < -0.39 is 14.9 Å². The minimum Gasteiger partial charge on any atom is -0.258 e. The summed E-state index contributed by atoms with van der Waals surface area (Å²) in [7, 11) is -3.91. The predicted molar refractivity (Wildman–Crippen MR) is 81.6 cm³/mol. The van der Waals surface area contributed by atoms with Gasteiger partial charge in [-0.3, -0.25) is 10.1 Å². The van der Waals surface area contributed by atoms with Crippen molar-refractivity contribution in [2.24, 2.45) is 0 Å². The highest BCUT2D eigenvalue weighted by Gasteiger charge is 2.36. The zero-order valence-electron chi connectivity index (χ0n) is 12.8. The maximum absolute atomic E-state index is 12.9. The summed E-state index contributed by atoms with van der Waals surface area (Å²) in [5.41, 5.74) is -0.380. The molecule has 1 aromatic rings. The van der Waals surface area contributed by atoms with Gasteiger partial charge >= 0.3 is 0 Å². The van der Waals surface area contributed by atoms with Crippen molar-refractivity contribution in [3.63, 3.8) is 0 Å². The van der Waals surface area contributed by atoms with Gasteiger partial charge in [0.25, 0.3) is 5.69 Å². The summed E-state index contributed by atoms with van der Waals surface area (Å²) in [6, 6.07) is 5.05. The van der Waals surface area contributed by atoms with Gasteiger partial charge in [0.15, 0.2) is 4.90 Å². The number of hydrogen-bond donors (Lipinski definition) is 0. The quantitative estimate of drug-likeness (QED) is 0.572. The molecule has 0 amide bonds. The van der Waals surface area contributed by atoms with Crippen molar-refractivity contribution in [1.82, 2.24) is 4.31 Å². The first-order valence-corrected chi connectivity index (χ1v) is 8.48. The van der Waals surface area contributed by atoms with Crippen LogP contribution in [0.4, 0.5) is 5.69 Å². The van der Waals surface area contributed by atoms with Gasteiger partial charge in [-0.05, 0) is 32.8 Å². The minimum atomic E-state index is -3.91. The zero-order valence-corrected chi connectivity index (χ0v) is 13.6. The summed E-state index contributed by atoms with van der Waals surface area (Å²) < 4.78 is 27.1. The monoisotopic (exact) mass is 314 g/mol. The molecular weight excluding hydrogens is 292 g/mol. The average molecular weight is 314 g/mol. The molecule has 0 aliphatic heterocycles. The number of nitro groups is 1. The molecule has 0 saturated carbocycles. The van der Waals surface area contributed by atoms with Gasteiger partial charge in [-0.2, -0.15) is 4.31 Å². The highest BCUT2D eigenvalue weighted by molar-refractivity contribution is 7.89. The molecular formula is C14H22N2O4S. The van der Waals surface area contributed by atoms with E-state index in [0.29, 0.717) is 12.8 Å². The van der Waals surface area contributed by atoms with Crippen molar-refractivity contribution in [3.8, 4) is 0 Å². The van der Waals surface area contributed by atoms with Gasteiger partial charge in [0.1, 0.15) is 0 Å². The maximum Gasteiger partial charge on any atom is 0.289 e. The van der Waals surface area contributed by atoms with Crippen LogP contribution in [0.15, 0.2) is 29.2 Å². The third kappa shape index (κ3) is 3.59. The Balaban J connectivity index is 3.46. The summed E-state index contributed by atoms with van der Waals surface area (Å²) in [5.74, 6) is 0. The molecule has 1 rings (SSSR count). The highest BCUT2D eigenvalue weighted by Crippen LogP contribution is 2.29. The predicted octanol–water partition coefficient (Wildman–Crippen LogP) is 3.18. The topological polar surface area (TPSA) is 80.5 Å². The molecule has 0 N–H and O–H groups in total. The van der Waals surface area contributed by atoms with E-state index in [1.165, 1.54) is 28.6 Å². The number of rotatable bonds is 7. The molecule has 1 aromatic carbocycles. The summed E-state index contributed by atoms with van der Waals surface area (Å²) >= 11 is 0. The highest BCUT2D eigenvalue weighted by atomic mass is 32.2. The summed E-state index contributed by atoms with van der Waals surface area (Å²) in [4.78, 5) is 10.2. The Kier molecular flexibility index (Phi) is 5.86. The van der Waals surface area contributed by atoms with Gasteiger partial charge in [0, 0.05) is 18.2 Å². The molecule has 0 saturated heterocycles. The van der Waals surface area contributed by atoms with Crippen LogP contribution in [0.5, 0.6) is 0 Å². The lowest BCUT2D eigenvalue weighted by atomic mass is 10.2. The number of nitro benzene ring substituents is 1. The van der Waals surface area contributed by atoms with Gasteiger partial charge in [0.2, 0.25) is 10.0 Å². The second-order valence-electron chi connectivity index (χ2n) is 5.07. The number of hydrogen-bond acceptors (Lipinski definition) is 4. The Morgan fingerprint density at radius 3 is 2.05 bits per heavy atom. The molecule has 118 valence electrons. The van der Waals surface area contributed by atoms with E-state index in [0.717, 1.165) is 0 Å². The molecule has 21 heavy (non-hydrogen) atoms. The number of benzene rings is 1. The van der Waals surface area contributed by atoms with Crippen LogP contribution in [0.25, 0.3) is 0 Å². The molecule has 6 nitrogen and oxygen atoms in total. The largest absolute Gasteiger partial charge is 0.289 e. The van der Waals surface area contributed by atoms with Gasteiger partial charge in [-0.25, -0.2) is 8.42 Å². The van der Waals surface area contributed by atoms with Gasteiger partial charge < -0.3 is 0 Å². The normalized spacial score (nSPS) is 14.9. The SMILES string of the molecule is CCC(C)N(C(C)CC)S(=O)(=O)c1ccccc1[N+](=O)[O-]. The molecule has 2 atom stereocenters. The standard InChI is InChI=1S/C14H22N2O4S/c1-5-11(3)15(12(4)6-2)21(19,20)14-10-8-7-9-13(14)16(17)18/h7-12H,5-6H2,1-4H3. The molecule has 0 aliphatic rings. The molecule has 0 heterocycles. The van der Waals surface area contributed by atoms with Gasteiger partial charge in [-0.1, -0.05) is 26.0 Å². The van der Waals surface area contributed by atoms with E-state index >= 15 is 0 Å². The first kappa shape index (κ1) is 17.6. The number of nitrogens with zero attached hydrogens (tertiary/aromatic N) is 2. The van der Waals surface area contributed by atoms with Crippen molar-refractivity contribution >= 4 is 15.7 Å². The molecule has 0 radical (unpaired) electrons. The number of para-hydroxylation sites is 1. The summed E-state index contributed by atoms with van der Waals surface area (Å²) in [6.45, 7) is 7.43. The van der Waals surface area contributed by atoms with Crippen LogP contribution in [0.3, 0.4) is 0 Å². The Morgan fingerprint density at radius 1 is 1.14 bits per heavy atom. The van der Waals surface area contributed by atoms with Crippen molar-refractivity contribution in [2.45, 2.75) is 57.5 Å².